The summed E-state index contributed by atoms with van der Waals surface area (Å²) in [7, 11) is 4.68. The van der Waals surface area contributed by atoms with Crippen molar-refractivity contribution in [2.24, 2.45) is 0 Å². The fraction of sp³-hybridized carbons (Fsp3) is 0.250. The van der Waals surface area contributed by atoms with Gasteiger partial charge < -0.3 is 29.4 Å². The van der Waals surface area contributed by atoms with Crippen LogP contribution < -0.4 is 24.4 Å². The minimum absolute atomic E-state index is 0.0167. The smallest absolute Gasteiger partial charge is 0.274 e. The topological polar surface area (TPSA) is 75.8 Å². The molecule has 4 aromatic rings. The Labute approximate surface area is 214 Å². The lowest BCUT2D eigenvalue weighted by Crippen LogP contribution is -2.30. The molecule has 0 fully saturated rings. The maximum absolute atomic E-state index is 13.9. The highest BCUT2D eigenvalue weighted by atomic mass is 35.5. The number of methoxy groups -OCH3 is 3. The van der Waals surface area contributed by atoms with Crippen LogP contribution in [0.15, 0.2) is 55.1 Å². The van der Waals surface area contributed by atoms with E-state index in [1.807, 2.05) is 36.4 Å². The molecule has 8 heteroatoms. The highest BCUT2D eigenvalue weighted by Gasteiger charge is 2.35. The van der Waals surface area contributed by atoms with Crippen LogP contribution in [0.5, 0.6) is 17.2 Å². The largest absolute Gasteiger partial charge is 0.493 e. The number of carbonyl (C=O) groups is 1. The van der Waals surface area contributed by atoms with Gasteiger partial charge in [-0.15, -0.1) is 18.2 Å². The summed E-state index contributed by atoms with van der Waals surface area (Å²) in [5.74, 6) is 1.75. The van der Waals surface area contributed by atoms with E-state index in [-0.39, 0.29) is 11.8 Å². The first-order valence-corrected chi connectivity index (χ1v) is 12.2. The number of hydrogen-bond donors (Lipinski definition) is 2. The van der Waals surface area contributed by atoms with E-state index in [0.717, 1.165) is 33.1 Å². The average Bonchev–Trinajstić information content (AvgIpc) is 3.51. The lowest BCUT2D eigenvalue weighted by atomic mass is 9.95. The van der Waals surface area contributed by atoms with Gasteiger partial charge in [-0.05, 0) is 29.1 Å². The number of amides is 1. The van der Waals surface area contributed by atoms with E-state index in [9.17, 15) is 4.79 Å². The summed E-state index contributed by atoms with van der Waals surface area (Å²) in [6, 6.07) is 13.9. The number of fused-ring (bicyclic) bond motifs is 4. The molecule has 0 aliphatic carbocycles. The number of aromatic amines is 1. The number of carbonyl (C=O) groups excluding carboxylic acids is 1. The number of nitrogens with zero attached hydrogens (tertiary/aromatic N) is 1. The summed E-state index contributed by atoms with van der Waals surface area (Å²) >= 11 is 6.43. The third kappa shape index (κ3) is 3.71. The van der Waals surface area contributed by atoms with Gasteiger partial charge in [0.1, 0.15) is 5.69 Å². The first kappa shape index (κ1) is 23.9. The van der Waals surface area contributed by atoms with Crippen molar-refractivity contribution in [3.63, 3.8) is 0 Å². The van der Waals surface area contributed by atoms with Crippen molar-refractivity contribution < 1.29 is 19.0 Å². The Hall–Kier alpha value is -3.84. The molecule has 3 aromatic carbocycles. The maximum Gasteiger partial charge on any atom is 0.274 e. The Bertz CT molecular complexity index is 1480. The molecule has 0 spiro atoms. The molecule has 2 heterocycles. The predicted molar refractivity (Wildman–Crippen MR) is 146 cm³/mol. The predicted octanol–water partition coefficient (Wildman–Crippen LogP) is 5.93. The van der Waals surface area contributed by atoms with Gasteiger partial charge >= 0.3 is 0 Å². The Balaban J connectivity index is 1.64. The molecule has 1 aliphatic heterocycles. The van der Waals surface area contributed by atoms with Gasteiger partial charge in [0.15, 0.2) is 11.5 Å². The standard InChI is InChI=1S/C28H28ClN3O4/c1-5-10-30-20-13-22-24(19-9-7-6-8-18(19)20)17(14-29)15-32(22)28(33)21-11-16-12-23(34-2)26(35-3)27(36-4)25(16)31-21/h5-9,11-13,17,30-31H,1,10,14-15H2,2-4H3. The molecule has 0 saturated carbocycles. The molecule has 0 saturated heterocycles. The van der Waals surface area contributed by atoms with E-state index in [1.54, 1.807) is 26.2 Å². The van der Waals surface area contributed by atoms with Crippen LogP contribution in [0.2, 0.25) is 0 Å². The van der Waals surface area contributed by atoms with Gasteiger partial charge in [-0.3, -0.25) is 4.79 Å². The van der Waals surface area contributed by atoms with Crippen molar-refractivity contribution in [1.82, 2.24) is 4.98 Å². The molecule has 36 heavy (non-hydrogen) atoms. The van der Waals surface area contributed by atoms with Crippen molar-refractivity contribution in [3.8, 4) is 17.2 Å². The lowest BCUT2D eigenvalue weighted by Gasteiger charge is -2.19. The molecule has 7 nitrogen and oxygen atoms in total. The molecule has 1 unspecified atom stereocenters. The van der Waals surface area contributed by atoms with Crippen LogP contribution in [0.4, 0.5) is 11.4 Å². The molecule has 1 atom stereocenters. The van der Waals surface area contributed by atoms with E-state index < -0.39 is 0 Å². The third-order valence-electron chi connectivity index (χ3n) is 6.69. The summed E-state index contributed by atoms with van der Waals surface area (Å²) in [6.07, 6.45) is 1.81. The number of halogens is 1. The van der Waals surface area contributed by atoms with Gasteiger partial charge in [0.05, 0.1) is 32.5 Å². The van der Waals surface area contributed by atoms with Crippen LogP contribution in [-0.4, -0.2) is 51.2 Å². The highest BCUT2D eigenvalue weighted by Crippen LogP contribution is 2.46. The van der Waals surface area contributed by atoms with Gasteiger partial charge in [-0.25, -0.2) is 0 Å². The minimum Gasteiger partial charge on any atom is -0.493 e. The normalized spacial score (nSPS) is 14.7. The third-order valence-corrected chi connectivity index (χ3v) is 7.06. The molecule has 1 amide bonds. The highest BCUT2D eigenvalue weighted by molar-refractivity contribution is 6.19. The van der Waals surface area contributed by atoms with Crippen LogP contribution in [0, 0.1) is 0 Å². The van der Waals surface area contributed by atoms with E-state index in [0.29, 0.717) is 47.4 Å². The summed E-state index contributed by atoms with van der Waals surface area (Å²) < 4.78 is 16.6. The number of H-pyrrole nitrogens is 1. The van der Waals surface area contributed by atoms with E-state index in [1.165, 1.54) is 0 Å². The Kier molecular flexibility index (Phi) is 6.41. The first-order valence-electron chi connectivity index (χ1n) is 11.7. The van der Waals surface area contributed by atoms with Crippen LogP contribution in [0.25, 0.3) is 21.7 Å². The van der Waals surface area contributed by atoms with Crippen LogP contribution >= 0.6 is 11.6 Å². The van der Waals surface area contributed by atoms with Crippen LogP contribution in [0.1, 0.15) is 22.0 Å². The number of anilines is 2. The maximum atomic E-state index is 13.9. The molecule has 1 aromatic heterocycles. The van der Waals surface area contributed by atoms with Gasteiger partial charge in [-0.2, -0.15) is 0 Å². The molecule has 186 valence electrons. The lowest BCUT2D eigenvalue weighted by molar-refractivity contribution is 0.0984. The first-order chi connectivity index (χ1) is 17.6. The van der Waals surface area contributed by atoms with Crippen LogP contribution in [0.3, 0.4) is 0 Å². The fourth-order valence-corrected chi connectivity index (χ4v) is 5.35. The zero-order valence-electron chi connectivity index (χ0n) is 20.5. The second kappa shape index (κ2) is 9.66. The van der Waals surface area contributed by atoms with Crippen molar-refractivity contribution in [2.45, 2.75) is 5.92 Å². The SMILES string of the molecule is C=CCNc1cc2c(c3ccccc13)C(CCl)CN2C(=O)c1cc2cc(OC)c(OC)c(OC)c2[nH]1. The Morgan fingerprint density at radius 1 is 1.14 bits per heavy atom. The van der Waals surface area contributed by atoms with Gasteiger partial charge in [0.25, 0.3) is 5.91 Å². The van der Waals surface area contributed by atoms with Gasteiger partial charge in [0.2, 0.25) is 5.75 Å². The van der Waals surface area contributed by atoms with Crippen LogP contribution in [-0.2, 0) is 0 Å². The number of hydrogen-bond acceptors (Lipinski definition) is 5. The molecule has 5 rings (SSSR count). The van der Waals surface area contributed by atoms with Crippen molar-refractivity contribution >= 4 is 50.6 Å². The number of aromatic nitrogens is 1. The van der Waals surface area contributed by atoms with E-state index in [2.05, 4.69) is 29.0 Å². The van der Waals surface area contributed by atoms with Crippen molar-refractivity contribution in [1.29, 1.82) is 0 Å². The molecular formula is C28H28ClN3O4. The van der Waals surface area contributed by atoms with Crippen molar-refractivity contribution in [3.05, 3.63) is 66.4 Å². The molecular weight excluding hydrogens is 478 g/mol. The molecule has 0 bridgehead atoms. The van der Waals surface area contributed by atoms with E-state index >= 15 is 0 Å². The molecule has 2 N–H and O–H groups in total. The Morgan fingerprint density at radius 3 is 2.56 bits per heavy atom. The molecule has 1 aliphatic rings. The number of rotatable bonds is 8. The fourth-order valence-electron chi connectivity index (χ4n) is 5.10. The van der Waals surface area contributed by atoms with E-state index in [4.69, 9.17) is 25.8 Å². The van der Waals surface area contributed by atoms with Crippen molar-refractivity contribution in [2.75, 3.05) is 50.5 Å². The number of ether oxygens (including phenoxy) is 3. The average molecular weight is 506 g/mol. The summed E-state index contributed by atoms with van der Waals surface area (Å²) in [6.45, 7) is 4.92. The second-order valence-electron chi connectivity index (χ2n) is 8.63. The second-order valence-corrected chi connectivity index (χ2v) is 8.94. The number of alkyl halides is 1. The quantitative estimate of drug-likeness (QED) is 0.229. The van der Waals surface area contributed by atoms with Gasteiger partial charge in [0, 0.05) is 41.3 Å². The molecule has 0 radical (unpaired) electrons. The number of nitrogens with one attached hydrogen (secondary N) is 2. The zero-order chi connectivity index (χ0) is 25.4. The summed E-state index contributed by atoms with van der Waals surface area (Å²) in [5, 5.41) is 6.39. The summed E-state index contributed by atoms with van der Waals surface area (Å²) in [4.78, 5) is 19.0. The summed E-state index contributed by atoms with van der Waals surface area (Å²) in [5.41, 5.74) is 4.00. The number of benzene rings is 3. The monoisotopic (exact) mass is 505 g/mol. The minimum atomic E-state index is -0.148. The zero-order valence-corrected chi connectivity index (χ0v) is 21.2. The van der Waals surface area contributed by atoms with Gasteiger partial charge in [-0.1, -0.05) is 30.3 Å². The Morgan fingerprint density at radius 2 is 1.89 bits per heavy atom.